The Morgan fingerprint density at radius 2 is 1.76 bits per heavy atom. The van der Waals surface area contributed by atoms with Crippen molar-refractivity contribution in [3.63, 3.8) is 0 Å². The number of rotatable bonds is 9. The molecule has 0 radical (unpaired) electrons. The maximum absolute atomic E-state index is 9.17. The van der Waals surface area contributed by atoms with Crippen molar-refractivity contribution in [3.8, 4) is 5.75 Å². The second-order valence-corrected chi connectivity index (χ2v) is 6.44. The summed E-state index contributed by atoms with van der Waals surface area (Å²) < 4.78 is 5.77. The molecule has 0 atom stereocenters. The average molecular weight is 289 g/mol. The van der Waals surface area contributed by atoms with Gasteiger partial charge in [0, 0.05) is 19.6 Å². The summed E-state index contributed by atoms with van der Waals surface area (Å²) in [5, 5.41) is 18.3. The van der Waals surface area contributed by atoms with Crippen LogP contribution in [0.1, 0.15) is 25.7 Å². The fourth-order valence-corrected chi connectivity index (χ4v) is 2.65. The lowest BCUT2D eigenvalue weighted by Crippen LogP contribution is -2.32. The monoisotopic (exact) mass is 289 g/mol. The summed E-state index contributed by atoms with van der Waals surface area (Å²) in [5.41, 5.74) is 0.473. The highest BCUT2D eigenvalue weighted by atomic mass is 16.5. The summed E-state index contributed by atoms with van der Waals surface area (Å²) in [4.78, 5) is 2.54. The van der Waals surface area contributed by atoms with Gasteiger partial charge in [-0.05, 0) is 55.1 Å². The normalized spacial score (nSPS) is 18.0. The van der Waals surface area contributed by atoms with E-state index in [0.29, 0.717) is 17.8 Å². The quantitative estimate of drug-likeness (QED) is 0.662. The van der Waals surface area contributed by atoms with E-state index in [-0.39, 0.29) is 0 Å². The average Bonchev–Trinajstić information content (AvgIpc) is 3.35. The van der Waals surface area contributed by atoms with E-state index in [1.165, 1.54) is 38.8 Å². The molecule has 0 spiro atoms. The van der Waals surface area contributed by atoms with Crippen LogP contribution in [-0.2, 0) is 0 Å². The first kappa shape index (κ1) is 14.9. The van der Waals surface area contributed by atoms with E-state index in [1.807, 2.05) is 6.07 Å². The van der Waals surface area contributed by atoms with Crippen LogP contribution in [0.4, 0.5) is 0 Å². The summed E-state index contributed by atoms with van der Waals surface area (Å²) in [6.07, 6.45) is 5.55. The van der Waals surface area contributed by atoms with Crippen molar-refractivity contribution in [2.75, 3.05) is 26.2 Å². The lowest BCUT2D eigenvalue weighted by atomic mass is 9.80. The third-order valence-electron chi connectivity index (χ3n) is 4.26. The fourth-order valence-electron chi connectivity index (χ4n) is 2.65. The highest BCUT2D eigenvalue weighted by molar-refractivity contribution is 6.58. The molecule has 0 saturated heterocycles. The molecule has 2 saturated carbocycles. The Labute approximate surface area is 126 Å². The summed E-state index contributed by atoms with van der Waals surface area (Å²) in [7, 11) is -1.44. The Morgan fingerprint density at radius 3 is 2.33 bits per heavy atom. The first-order chi connectivity index (χ1) is 10.2. The van der Waals surface area contributed by atoms with Crippen LogP contribution < -0.4 is 10.2 Å². The van der Waals surface area contributed by atoms with E-state index in [4.69, 9.17) is 14.8 Å². The molecule has 2 fully saturated rings. The lowest BCUT2D eigenvalue weighted by Gasteiger charge is -2.22. The molecule has 0 unspecified atom stereocenters. The highest BCUT2D eigenvalue weighted by Gasteiger charge is 2.28. The van der Waals surface area contributed by atoms with E-state index in [0.717, 1.165) is 18.4 Å². The van der Waals surface area contributed by atoms with Gasteiger partial charge in [-0.3, -0.25) is 4.90 Å². The van der Waals surface area contributed by atoms with Gasteiger partial charge in [0.05, 0.1) is 0 Å². The second kappa shape index (κ2) is 6.82. The standard InChI is InChI=1S/C16H24BNO3/c19-17(20)15-2-1-3-16(10-15)21-9-8-18(11-13-4-5-13)12-14-6-7-14/h1-3,10,13-14,19-20H,4-9,11-12H2. The van der Waals surface area contributed by atoms with Gasteiger partial charge in [0.1, 0.15) is 12.4 Å². The molecule has 0 amide bonds. The van der Waals surface area contributed by atoms with Crippen LogP contribution in [-0.4, -0.2) is 48.3 Å². The zero-order chi connectivity index (χ0) is 14.7. The SMILES string of the molecule is OB(O)c1cccc(OCCN(CC2CC2)CC2CC2)c1. The van der Waals surface area contributed by atoms with Crippen LogP contribution in [0.15, 0.2) is 24.3 Å². The van der Waals surface area contributed by atoms with E-state index in [9.17, 15) is 0 Å². The second-order valence-electron chi connectivity index (χ2n) is 6.44. The molecule has 21 heavy (non-hydrogen) atoms. The minimum atomic E-state index is -1.44. The number of ether oxygens (including phenoxy) is 1. The van der Waals surface area contributed by atoms with Crippen molar-refractivity contribution < 1.29 is 14.8 Å². The van der Waals surface area contributed by atoms with E-state index in [1.54, 1.807) is 18.2 Å². The Hall–Kier alpha value is -1.04. The largest absolute Gasteiger partial charge is 0.492 e. The number of benzene rings is 1. The van der Waals surface area contributed by atoms with Gasteiger partial charge in [-0.15, -0.1) is 0 Å². The molecular formula is C16H24BNO3. The molecule has 2 N–H and O–H groups in total. The third-order valence-corrected chi connectivity index (χ3v) is 4.26. The molecule has 0 aromatic heterocycles. The highest BCUT2D eigenvalue weighted by Crippen LogP contribution is 2.33. The molecule has 1 aromatic carbocycles. The van der Waals surface area contributed by atoms with Crippen LogP contribution in [0.25, 0.3) is 0 Å². The first-order valence-corrected chi connectivity index (χ1v) is 8.02. The summed E-state index contributed by atoms with van der Waals surface area (Å²) >= 11 is 0. The molecule has 2 aliphatic rings. The van der Waals surface area contributed by atoms with Crippen LogP contribution in [0.3, 0.4) is 0 Å². The van der Waals surface area contributed by atoms with Gasteiger partial charge in [-0.1, -0.05) is 12.1 Å². The number of nitrogens with zero attached hydrogens (tertiary/aromatic N) is 1. The Balaban J connectivity index is 1.45. The topological polar surface area (TPSA) is 52.9 Å². The van der Waals surface area contributed by atoms with Gasteiger partial charge in [0.15, 0.2) is 0 Å². The molecule has 3 rings (SSSR count). The maximum atomic E-state index is 9.17. The zero-order valence-corrected chi connectivity index (χ0v) is 12.4. The van der Waals surface area contributed by atoms with Gasteiger partial charge >= 0.3 is 7.12 Å². The number of hydrogen-bond donors (Lipinski definition) is 2. The van der Waals surface area contributed by atoms with Crippen molar-refractivity contribution >= 4 is 12.6 Å². The van der Waals surface area contributed by atoms with Gasteiger partial charge in [-0.2, -0.15) is 0 Å². The molecular weight excluding hydrogens is 265 g/mol. The van der Waals surface area contributed by atoms with Crippen molar-refractivity contribution in [3.05, 3.63) is 24.3 Å². The molecule has 114 valence electrons. The molecule has 0 bridgehead atoms. The molecule has 0 heterocycles. The predicted molar refractivity (Wildman–Crippen MR) is 83.7 cm³/mol. The van der Waals surface area contributed by atoms with Crippen LogP contribution >= 0.6 is 0 Å². The zero-order valence-electron chi connectivity index (χ0n) is 12.4. The van der Waals surface area contributed by atoms with Gasteiger partial charge in [0.2, 0.25) is 0 Å². The molecule has 4 nitrogen and oxygen atoms in total. The van der Waals surface area contributed by atoms with Gasteiger partial charge < -0.3 is 14.8 Å². The third kappa shape index (κ3) is 5.02. The summed E-state index contributed by atoms with van der Waals surface area (Å²) in [6.45, 7) is 4.05. The Kier molecular flexibility index (Phi) is 4.83. The molecule has 0 aliphatic heterocycles. The van der Waals surface area contributed by atoms with E-state index < -0.39 is 7.12 Å². The smallest absolute Gasteiger partial charge is 0.488 e. The van der Waals surface area contributed by atoms with E-state index >= 15 is 0 Å². The van der Waals surface area contributed by atoms with Crippen molar-refractivity contribution in [1.82, 2.24) is 4.90 Å². The molecule has 5 heteroatoms. The Morgan fingerprint density at radius 1 is 1.10 bits per heavy atom. The lowest BCUT2D eigenvalue weighted by molar-refractivity contribution is 0.197. The van der Waals surface area contributed by atoms with Crippen molar-refractivity contribution in [2.45, 2.75) is 25.7 Å². The minimum absolute atomic E-state index is 0.473. The van der Waals surface area contributed by atoms with Gasteiger partial charge in [-0.25, -0.2) is 0 Å². The van der Waals surface area contributed by atoms with Crippen molar-refractivity contribution in [2.24, 2.45) is 11.8 Å². The minimum Gasteiger partial charge on any atom is -0.492 e. The van der Waals surface area contributed by atoms with E-state index in [2.05, 4.69) is 4.90 Å². The first-order valence-electron chi connectivity index (χ1n) is 8.02. The van der Waals surface area contributed by atoms with Crippen LogP contribution in [0.2, 0.25) is 0 Å². The molecule has 2 aliphatic carbocycles. The fraction of sp³-hybridized carbons (Fsp3) is 0.625. The Bertz CT molecular complexity index is 447. The van der Waals surface area contributed by atoms with Crippen LogP contribution in [0.5, 0.6) is 5.75 Å². The predicted octanol–water partition coefficient (Wildman–Crippen LogP) is 0.867. The number of hydrogen-bond acceptors (Lipinski definition) is 4. The summed E-state index contributed by atoms with van der Waals surface area (Å²) in [6, 6.07) is 7.02. The molecule has 1 aromatic rings. The maximum Gasteiger partial charge on any atom is 0.488 e. The summed E-state index contributed by atoms with van der Waals surface area (Å²) in [5.74, 6) is 2.53. The van der Waals surface area contributed by atoms with Crippen LogP contribution in [0, 0.1) is 11.8 Å². The van der Waals surface area contributed by atoms with Crippen molar-refractivity contribution in [1.29, 1.82) is 0 Å². The van der Waals surface area contributed by atoms with Gasteiger partial charge in [0.25, 0.3) is 0 Å².